The highest BCUT2D eigenvalue weighted by Gasteiger charge is 2.17. The van der Waals surface area contributed by atoms with Gasteiger partial charge in [-0.3, -0.25) is 9.59 Å². The van der Waals surface area contributed by atoms with Crippen molar-refractivity contribution in [2.45, 2.75) is 0 Å². The summed E-state index contributed by atoms with van der Waals surface area (Å²) < 4.78 is 70.7. The Kier molecular flexibility index (Phi) is 10.6. The second kappa shape index (κ2) is 15.6. The van der Waals surface area contributed by atoms with Crippen LogP contribution in [0.4, 0.5) is 23.2 Å². The molecule has 1 heterocycles. The van der Waals surface area contributed by atoms with Crippen molar-refractivity contribution in [1.82, 2.24) is 4.57 Å². The van der Waals surface area contributed by atoms with Crippen LogP contribution in [0.2, 0.25) is 0 Å². The standard InChI is InChI=1S/C21H13F2NO4.C20H15F2NO3/c1-27-15-4-2-3-14(11-15)24-20(25)17-9-12(5-8-19(17)28-21(24)26)16-7-6-13(22)10-18(16)23;1-26-15-4-2-3-14(11-15)23-20(25)17-9-12(5-8-19(17)24)16-7-6-13(21)10-18(16)22/h2-11H,1H3;2-11,24H,1H3,(H,23,25). The molecular weight excluding hydrogens is 708 g/mol. The maximum Gasteiger partial charge on any atom is 0.426 e. The third kappa shape index (κ3) is 7.84. The fraction of sp³-hybridized carbons (Fsp3) is 0.0488. The summed E-state index contributed by atoms with van der Waals surface area (Å²) in [5, 5.41) is 12.7. The van der Waals surface area contributed by atoms with E-state index in [9.17, 15) is 37.1 Å². The quantitative estimate of drug-likeness (QED) is 0.158. The summed E-state index contributed by atoms with van der Waals surface area (Å²) in [5.74, 6) is -3.56. The van der Waals surface area contributed by atoms with E-state index in [1.165, 1.54) is 68.8 Å². The number of nitrogens with one attached hydrogen (secondary N) is 1. The smallest absolute Gasteiger partial charge is 0.426 e. The lowest BCUT2D eigenvalue weighted by molar-refractivity contribution is 0.102. The van der Waals surface area contributed by atoms with Gasteiger partial charge in [-0.1, -0.05) is 24.3 Å². The highest BCUT2D eigenvalue weighted by Crippen LogP contribution is 2.30. The number of ether oxygens (including phenoxy) is 2. The van der Waals surface area contributed by atoms with E-state index in [2.05, 4.69) is 5.32 Å². The summed E-state index contributed by atoms with van der Waals surface area (Å²) in [6, 6.07) is 27.9. The zero-order chi connectivity index (χ0) is 38.5. The molecule has 0 saturated heterocycles. The van der Waals surface area contributed by atoms with Crippen LogP contribution in [0.1, 0.15) is 10.4 Å². The number of halogens is 4. The van der Waals surface area contributed by atoms with Crippen molar-refractivity contribution in [3.05, 3.63) is 171 Å². The number of hydrogen-bond acceptors (Lipinski definition) is 7. The molecule has 2 N–H and O–H groups in total. The number of aromatic nitrogens is 1. The Bertz CT molecular complexity index is 2660. The fourth-order valence-electron chi connectivity index (χ4n) is 5.50. The molecule has 0 saturated carbocycles. The predicted molar refractivity (Wildman–Crippen MR) is 194 cm³/mol. The first-order chi connectivity index (χ1) is 25.9. The molecule has 0 bridgehead atoms. The number of aromatic hydroxyl groups is 1. The number of methoxy groups -OCH3 is 2. The number of phenolic OH excluding ortho intramolecular Hbond substituents is 1. The third-order valence-electron chi connectivity index (χ3n) is 8.16. The van der Waals surface area contributed by atoms with E-state index in [4.69, 9.17) is 13.9 Å². The van der Waals surface area contributed by atoms with Gasteiger partial charge in [0.1, 0.15) is 46.1 Å². The van der Waals surface area contributed by atoms with Crippen molar-refractivity contribution in [2.24, 2.45) is 0 Å². The molecule has 0 aliphatic heterocycles. The van der Waals surface area contributed by atoms with Crippen molar-refractivity contribution in [2.75, 3.05) is 19.5 Å². The van der Waals surface area contributed by atoms with Gasteiger partial charge in [-0.15, -0.1) is 0 Å². The number of carbonyl (C=O) groups is 1. The van der Waals surface area contributed by atoms with E-state index in [-0.39, 0.29) is 39.1 Å². The average molecular weight is 737 g/mol. The Morgan fingerprint density at radius 2 is 1.28 bits per heavy atom. The maximum atomic E-state index is 14.1. The van der Waals surface area contributed by atoms with Crippen LogP contribution in [0.25, 0.3) is 38.9 Å². The normalized spacial score (nSPS) is 10.7. The third-order valence-corrected chi connectivity index (χ3v) is 8.16. The van der Waals surface area contributed by atoms with E-state index in [1.54, 1.807) is 42.5 Å². The Labute approximate surface area is 303 Å². The molecule has 7 rings (SSSR count). The van der Waals surface area contributed by atoms with E-state index < -0.39 is 40.5 Å². The lowest BCUT2D eigenvalue weighted by atomic mass is 10.0. The molecule has 0 aliphatic rings. The molecule has 1 aromatic heterocycles. The molecule has 0 spiro atoms. The Morgan fingerprint density at radius 1 is 0.685 bits per heavy atom. The van der Waals surface area contributed by atoms with Gasteiger partial charge in [0.2, 0.25) is 0 Å². The van der Waals surface area contributed by atoms with Gasteiger partial charge in [0.05, 0.1) is 30.9 Å². The van der Waals surface area contributed by atoms with Crippen molar-refractivity contribution in [3.63, 3.8) is 0 Å². The lowest BCUT2D eigenvalue weighted by Crippen LogP contribution is -2.30. The zero-order valence-corrected chi connectivity index (χ0v) is 28.4. The van der Waals surface area contributed by atoms with Gasteiger partial charge in [0.25, 0.3) is 11.5 Å². The number of anilines is 1. The van der Waals surface area contributed by atoms with Crippen LogP contribution in [-0.2, 0) is 0 Å². The molecule has 1 amide bonds. The first-order valence-electron chi connectivity index (χ1n) is 16.0. The maximum absolute atomic E-state index is 14.1. The molecule has 54 heavy (non-hydrogen) atoms. The SMILES string of the molecule is COc1cccc(-n2c(=O)oc3ccc(-c4ccc(F)cc4F)cc3c2=O)c1.COc1cccc(NC(=O)c2cc(-c3ccc(F)cc3F)ccc2O)c1. The minimum Gasteiger partial charge on any atom is -0.507 e. The second-order valence-corrected chi connectivity index (χ2v) is 11.6. The van der Waals surface area contributed by atoms with Crippen LogP contribution in [-0.4, -0.2) is 29.8 Å². The summed E-state index contributed by atoms with van der Waals surface area (Å²) in [6.45, 7) is 0. The second-order valence-electron chi connectivity index (χ2n) is 11.6. The monoisotopic (exact) mass is 736 g/mol. The molecule has 0 unspecified atom stereocenters. The molecule has 7 aromatic rings. The molecule has 0 aliphatic carbocycles. The van der Waals surface area contributed by atoms with Gasteiger partial charge in [-0.05, 0) is 83.9 Å². The summed E-state index contributed by atoms with van der Waals surface area (Å²) in [4.78, 5) is 37.8. The largest absolute Gasteiger partial charge is 0.507 e. The average Bonchev–Trinajstić information content (AvgIpc) is 3.15. The van der Waals surface area contributed by atoms with Gasteiger partial charge in [0.15, 0.2) is 0 Å². The van der Waals surface area contributed by atoms with E-state index in [1.807, 2.05) is 0 Å². The first-order valence-corrected chi connectivity index (χ1v) is 16.0. The number of phenols is 1. The van der Waals surface area contributed by atoms with Gasteiger partial charge in [-0.2, -0.15) is 0 Å². The van der Waals surface area contributed by atoms with Gasteiger partial charge in [-0.25, -0.2) is 26.9 Å². The Balaban J connectivity index is 0.000000185. The number of benzene rings is 6. The molecule has 6 aromatic carbocycles. The molecule has 272 valence electrons. The van der Waals surface area contributed by atoms with E-state index in [0.29, 0.717) is 28.3 Å². The zero-order valence-electron chi connectivity index (χ0n) is 28.4. The Morgan fingerprint density at radius 3 is 1.91 bits per heavy atom. The van der Waals surface area contributed by atoms with Crippen LogP contribution in [0.5, 0.6) is 17.2 Å². The minimum atomic E-state index is -0.855. The van der Waals surface area contributed by atoms with Crippen LogP contribution in [0.15, 0.2) is 135 Å². The lowest BCUT2D eigenvalue weighted by Gasteiger charge is -2.10. The molecule has 13 heteroatoms. The summed E-state index contributed by atoms with van der Waals surface area (Å²) in [6.07, 6.45) is 0. The first kappa shape index (κ1) is 36.6. The summed E-state index contributed by atoms with van der Waals surface area (Å²) in [7, 11) is 2.97. The number of hydrogen-bond donors (Lipinski definition) is 2. The number of amides is 1. The molecule has 0 atom stereocenters. The van der Waals surface area contributed by atoms with Crippen molar-refractivity contribution in [1.29, 1.82) is 0 Å². The Hall–Kier alpha value is -7.15. The van der Waals surface area contributed by atoms with Crippen molar-refractivity contribution in [3.8, 4) is 45.2 Å². The number of nitrogens with zero attached hydrogens (tertiary/aromatic N) is 1. The number of fused-ring (bicyclic) bond motifs is 1. The number of rotatable bonds is 7. The van der Waals surface area contributed by atoms with Crippen molar-refractivity contribution < 1.29 is 41.4 Å². The van der Waals surface area contributed by atoms with Crippen LogP contribution >= 0.6 is 0 Å². The summed E-state index contributed by atoms with van der Waals surface area (Å²) >= 11 is 0. The van der Waals surface area contributed by atoms with E-state index in [0.717, 1.165) is 28.8 Å². The topological polar surface area (TPSA) is 120 Å². The van der Waals surface area contributed by atoms with Crippen LogP contribution in [0, 0.1) is 23.3 Å². The minimum absolute atomic E-state index is 0.0333. The molecule has 0 radical (unpaired) electrons. The van der Waals surface area contributed by atoms with Crippen molar-refractivity contribution >= 4 is 22.6 Å². The van der Waals surface area contributed by atoms with Crippen LogP contribution < -0.4 is 26.1 Å². The van der Waals surface area contributed by atoms with Gasteiger partial charge in [0, 0.05) is 41.1 Å². The molecule has 0 fully saturated rings. The van der Waals surface area contributed by atoms with Gasteiger partial charge >= 0.3 is 5.76 Å². The number of carbonyl (C=O) groups excluding carboxylic acids is 1. The van der Waals surface area contributed by atoms with Crippen LogP contribution in [0.3, 0.4) is 0 Å². The molecular formula is C41H28F4N2O7. The highest BCUT2D eigenvalue weighted by atomic mass is 19.1. The molecule has 9 nitrogen and oxygen atoms in total. The summed E-state index contributed by atoms with van der Waals surface area (Å²) in [5.41, 5.74) is 1.12. The van der Waals surface area contributed by atoms with E-state index >= 15 is 0 Å². The highest BCUT2D eigenvalue weighted by molar-refractivity contribution is 6.07. The van der Waals surface area contributed by atoms with Gasteiger partial charge < -0.3 is 24.3 Å². The fourth-order valence-corrected chi connectivity index (χ4v) is 5.50. The predicted octanol–water partition coefficient (Wildman–Crippen LogP) is 8.50.